The molecule has 0 radical (unpaired) electrons. The Morgan fingerprint density at radius 1 is 1.26 bits per heavy atom. The van der Waals surface area contributed by atoms with Crippen molar-refractivity contribution in [2.45, 2.75) is 11.4 Å². The average molecular weight is 338 g/mol. The molecular weight excluding hydrogens is 320 g/mol. The largest absolute Gasteiger partial charge is 0.347 e. The number of aromatic amines is 1. The Balaban J connectivity index is 2.14. The number of nitrogens with zero attached hydrogens (tertiary/aromatic N) is 3. The van der Waals surface area contributed by atoms with Gasteiger partial charge in [-0.2, -0.15) is 0 Å². The second-order valence-electron chi connectivity index (χ2n) is 4.82. The fraction of sp³-hybridized carbons (Fsp3) is 0.286. The Hall–Kier alpha value is -2.23. The number of nitrogens with one attached hydrogen (secondary N) is 1. The van der Waals surface area contributed by atoms with Gasteiger partial charge in [0.2, 0.25) is 0 Å². The number of benzene rings is 1. The highest BCUT2D eigenvalue weighted by Gasteiger charge is 2.21. The first-order chi connectivity index (χ1) is 10.9. The van der Waals surface area contributed by atoms with Crippen molar-refractivity contribution in [3.8, 4) is 0 Å². The van der Waals surface area contributed by atoms with Crippen LogP contribution < -0.4 is 0 Å². The van der Waals surface area contributed by atoms with Crippen molar-refractivity contribution in [3.63, 3.8) is 0 Å². The van der Waals surface area contributed by atoms with Gasteiger partial charge in [-0.3, -0.25) is 9.63 Å². The molecule has 1 heterocycles. The van der Waals surface area contributed by atoms with Crippen molar-refractivity contribution in [1.82, 2.24) is 19.3 Å². The van der Waals surface area contributed by atoms with Gasteiger partial charge in [-0.1, -0.05) is 4.47 Å². The van der Waals surface area contributed by atoms with E-state index in [0.29, 0.717) is 17.9 Å². The van der Waals surface area contributed by atoms with E-state index in [0.717, 1.165) is 4.47 Å². The van der Waals surface area contributed by atoms with Crippen molar-refractivity contribution in [2.75, 3.05) is 21.2 Å². The fourth-order valence-electron chi connectivity index (χ4n) is 1.92. The lowest BCUT2D eigenvalue weighted by Crippen LogP contribution is -2.27. The van der Waals surface area contributed by atoms with Crippen LogP contribution in [0.25, 0.3) is 0 Å². The zero-order valence-corrected chi connectivity index (χ0v) is 13.9. The van der Waals surface area contributed by atoms with Gasteiger partial charge in [0.25, 0.3) is 15.9 Å². The Kier molecular flexibility index (Phi) is 5.14. The molecule has 0 bridgehead atoms. The summed E-state index contributed by atoms with van der Waals surface area (Å²) in [4.78, 5) is 25.5. The van der Waals surface area contributed by atoms with Crippen molar-refractivity contribution < 1.29 is 18.0 Å². The number of amides is 1. The molecule has 2 aromatic rings. The molecule has 0 aliphatic rings. The van der Waals surface area contributed by atoms with Crippen molar-refractivity contribution in [1.29, 1.82) is 0 Å². The topological polar surface area (TPSA) is 95.6 Å². The van der Waals surface area contributed by atoms with E-state index in [2.05, 4.69) is 9.97 Å². The number of sulfonamides is 1. The van der Waals surface area contributed by atoms with Gasteiger partial charge >= 0.3 is 0 Å². The lowest BCUT2D eigenvalue weighted by atomic mass is 10.2. The highest BCUT2D eigenvalue weighted by Crippen LogP contribution is 2.16. The molecule has 0 saturated heterocycles. The van der Waals surface area contributed by atoms with E-state index >= 15 is 0 Å². The SMILES string of the molecule is CON(C)S(=O)(=O)c1ccc(C(=O)N(C)Cc2ncc[nH]2)cc1. The molecule has 1 aromatic heterocycles. The van der Waals surface area contributed by atoms with Gasteiger partial charge in [0.1, 0.15) is 5.82 Å². The van der Waals surface area contributed by atoms with E-state index in [-0.39, 0.29) is 10.8 Å². The van der Waals surface area contributed by atoms with Crippen LogP contribution >= 0.6 is 0 Å². The maximum Gasteiger partial charge on any atom is 0.264 e. The smallest absolute Gasteiger partial charge is 0.264 e. The molecule has 0 saturated carbocycles. The van der Waals surface area contributed by atoms with Crippen LogP contribution in [0.4, 0.5) is 0 Å². The molecule has 0 spiro atoms. The molecule has 1 amide bonds. The van der Waals surface area contributed by atoms with Gasteiger partial charge in [-0.15, -0.1) is 0 Å². The Bertz CT molecular complexity index is 757. The quantitative estimate of drug-likeness (QED) is 0.788. The summed E-state index contributed by atoms with van der Waals surface area (Å²) in [5, 5.41) is 0. The molecule has 0 fully saturated rings. The first-order valence-corrected chi connectivity index (χ1v) is 8.17. The van der Waals surface area contributed by atoms with E-state index < -0.39 is 10.0 Å². The number of rotatable bonds is 6. The maximum absolute atomic E-state index is 12.3. The second kappa shape index (κ2) is 6.90. The molecule has 9 heteroatoms. The monoisotopic (exact) mass is 338 g/mol. The van der Waals surface area contributed by atoms with Crippen LogP contribution in [0.5, 0.6) is 0 Å². The lowest BCUT2D eigenvalue weighted by molar-refractivity contribution is -0.0258. The molecule has 2 rings (SSSR count). The van der Waals surface area contributed by atoms with E-state index in [1.807, 2.05) is 0 Å². The average Bonchev–Trinajstić information content (AvgIpc) is 3.06. The fourth-order valence-corrected chi connectivity index (χ4v) is 2.89. The number of carbonyl (C=O) groups is 1. The summed E-state index contributed by atoms with van der Waals surface area (Å²) in [6.45, 7) is 0.332. The van der Waals surface area contributed by atoms with Crippen LogP contribution in [0.2, 0.25) is 0 Å². The predicted molar refractivity (Wildman–Crippen MR) is 82.8 cm³/mol. The number of imidazole rings is 1. The number of aromatic nitrogens is 2. The molecule has 1 aromatic carbocycles. The van der Waals surface area contributed by atoms with Crippen LogP contribution in [0.15, 0.2) is 41.6 Å². The van der Waals surface area contributed by atoms with Gasteiger partial charge in [0.05, 0.1) is 18.6 Å². The molecule has 23 heavy (non-hydrogen) atoms. The number of hydroxylamine groups is 1. The van der Waals surface area contributed by atoms with Gasteiger partial charge in [0, 0.05) is 32.1 Å². The molecule has 0 atom stereocenters. The zero-order chi connectivity index (χ0) is 17.0. The van der Waals surface area contributed by atoms with Gasteiger partial charge in [-0.25, -0.2) is 13.4 Å². The third-order valence-electron chi connectivity index (χ3n) is 3.28. The summed E-state index contributed by atoms with van der Waals surface area (Å²) in [6, 6.07) is 5.69. The van der Waals surface area contributed by atoms with Crippen molar-refractivity contribution in [3.05, 3.63) is 48.0 Å². The number of hydrogen-bond acceptors (Lipinski definition) is 5. The van der Waals surface area contributed by atoms with E-state index in [1.165, 1.54) is 43.3 Å². The minimum absolute atomic E-state index is 0.0482. The third kappa shape index (κ3) is 3.76. The molecule has 0 unspecified atom stereocenters. The predicted octanol–water partition coefficient (Wildman–Crippen LogP) is 0.864. The molecule has 8 nitrogen and oxygen atoms in total. The Morgan fingerprint density at radius 2 is 1.91 bits per heavy atom. The first kappa shape index (κ1) is 17.1. The molecule has 124 valence electrons. The summed E-state index contributed by atoms with van der Waals surface area (Å²) >= 11 is 0. The Morgan fingerprint density at radius 3 is 2.43 bits per heavy atom. The summed E-state index contributed by atoms with van der Waals surface area (Å²) in [5.41, 5.74) is 0.387. The number of carbonyl (C=O) groups excluding carboxylic acids is 1. The minimum Gasteiger partial charge on any atom is -0.347 e. The zero-order valence-electron chi connectivity index (χ0n) is 13.1. The van der Waals surface area contributed by atoms with Gasteiger partial charge in [0.15, 0.2) is 0 Å². The highest BCUT2D eigenvalue weighted by atomic mass is 32.2. The van der Waals surface area contributed by atoms with Gasteiger partial charge in [-0.05, 0) is 24.3 Å². The summed E-state index contributed by atoms with van der Waals surface area (Å²) < 4.78 is 24.9. The molecule has 0 aliphatic carbocycles. The van der Waals surface area contributed by atoms with Crippen molar-refractivity contribution in [2.24, 2.45) is 0 Å². The molecular formula is C14H18N4O4S. The van der Waals surface area contributed by atoms with Crippen LogP contribution in [0.3, 0.4) is 0 Å². The summed E-state index contributed by atoms with van der Waals surface area (Å²) in [5.74, 6) is 0.437. The maximum atomic E-state index is 12.3. The van der Waals surface area contributed by atoms with Crippen LogP contribution in [0, 0.1) is 0 Å². The van der Waals surface area contributed by atoms with E-state index in [1.54, 1.807) is 19.4 Å². The summed E-state index contributed by atoms with van der Waals surface area (Å²) in [7, 11) is 0.486. The third-order valence-corrected chi connectivity index (χ3v) is 4.98. The molecule has 0 aliphatic heterocycles. The Labute approximate surface area is 134 Å². The van der Waals surface area contributed by atoms with Crippen molar-refractivity contribution >= 4 is 15.9 Å². The van der Waals surface area contributed by atoms with Gasteiger partial charge < -0.3 is 9.88 Å². The normalized spacial score (nSPS) is 11.7. The number of hydrogen-bond donors (Lipinski definition) is 1. The number of H-pyrrole nitrogens is 1. The van der Waals surface area contributed by atoms with Crippen LogP contribution in [-0.4, -0.2) is 54.9 Å². The minimum atomic E-state index is -3.72. The summed E-state index contributed by atoms with van der Waals surface area (Å²) in [6.07, 6.45) is 3.29. The standard InChI is InChI=1S/C14H18N4O4S/c1-17(10-13-15-8-9-16-13)14(19)11-4-6-12(7-5-11)23(20,21)18(2)22-3/h4-9H,10H2,1-3H3,(H,15,16). The second-order valence-corrected chi connectivity index (χ2v) is 6.75. The first-order valence-electron chi connectivity index (χ1n) is 6.73. The van der Waals surface area contributed by atoms with Crippen LogP contribution in [-0.2, 0) is 21.4 Å². The molecule has 1 N–H and O–H groups in total. The van der Waals surface area contributed by atoms with E-state index in [4.69, 9.17) is 4.84 Å². The van der Waals surface area contributed by atoms with Crippen LogP contribution in [0.1, 0.15) is 16.2 Å². The lowest BCUT2D eigenvalue weighted by Gasteiger charge is -2.17. The van der Waals surface area contributed by atoms with E-state index in [9.17, 15) is 13.2 Å². The highest BCUT2D eigenvalue weighted by molar-refractivity contribution is 7.89.